The zero-order valence-electron chi connectivity index (χ0n) is 13.3. The van der Waals surface area contributed by atoms with Gasteiger partial charge in [0.2, 0.25) is 0 Å². The van der Waals surface area contributed by atoms with Crippen LogP contribution in [0.4, 0.5) is 0 Å². The maximum absolute atomic E-state index is 10.4. The van der Waals surface area contributed by atoms with E-state index in [-0.39, 0.29) is 18.1 Å². The van der Waals surface area contributed by atoms with Gasteiger partial charge in [-0.2, -0.15) is 0 Å². The van der Waals surface area contributed by atoms with Crippen LogP contribution in [0.3, 0.4) is 0 Å². The van der Waals surface area contributed by atoms with Gasteiger partial charge >= 0.3 is 0 Å². The minimum atomic E-state index is -0.372. The van der Waals surface area contributed by atoms with Crippen molar-refractivity contribution in [3.05, 3.63) is 45.1 Å². The van der Waals surface area contributed by atoms with E-state index in [0.717, 1.165) is 36.1 Å². The van der Waals surface area contributed by atoms with Crippen molar-refractivity contribution in [1.29, 1.82) is 0 Å². The molecule has 2 heterocycles. The lowest BCUT2D eigenvalue weighted by Gasteiger charge is -2.35. The summed E-state index contributed by atoms with van der Waals surface area (Å²) in [5.41, 5.74) is 6.30. The molecular formula is C17H22Cl2N2O2. The molecule has 2 saturated heterocycles. The summed E-state index contributed by atoms with van der Waals surface area (Å²) in [6.45, 7) is 2.08. The molecule has 2 bridgehead atoms. The fourth-order valence-electron chi connectivity index (χ4n) is 3.85. The van der Waals surface area contributed by atoms with Gasteiger partial charge in [-0.3, -0.25) is 10.3 Å². The van der Waals surface area contributed by atoms with Crippen LogP contribution >= 0.6 is 23.2 Å². The maximum atomic E-state index is 10.4. The Morgan fingerprint density at radius 3 is 2.78 bits per heavy atom. The van der Waals surface area contributed by atoms with Crippen molar-refractivity contribution in [2.24, 2.45) is 0 Å². The van der Waals surface area contributed by atoms with Gasteiger partial charge in [0.25, 0.3) is 0 Å². The second-order valence-electron chi connectivity index (χ2n) is 6.20. The fourth-order valence-corrected chi connectivity index (χ4v) is 4.16. The number of hydrogen-bond donors (Lipinski definition) is 3. The fraction of sp³-hybridized carbons (Fsp3) is 0.529. The summed E-state index contributed by atoms with van der Waals surface area (Å²) in [6.07, 6.45) is 2.13. The predicted molar refractivity (Wildman–Crippen MR) is 92.6 cm³/mol. The van der Waals surface area contributed by atoms with Crippen LogP contribution in [-0.2, 0) is 4.84 Å². The molecule has 2 unspecified atom stereocenters. The lowest BCUT2D eigenvalue weighted by Crippen LogP contribution is -2.44. The lowest BCUT2D eigenvalue weighted by molar-refractivity contribution is 0.111. The molecule has 0 radical (unpaired) electrons. The molecule has 3 rings (SSSR count). The van der Waals surface area contributed by atoms with E-state index >= 15 is 0 Å². The number of piperidine rings is 1. The number of nitrogens with one attached hydrogen (secondary N) is 2. The Morgan fingerprint density at radius 2 is 2.13 bits per heavy atom. The summed E-state index contributed by atoms with van der Waals surface area (Å²) < 4.78 is 0. The summed E-state index contributed by atoms with van der Waals surface area (Å²) in [5, 5.41) is 15.1. The Morgan fingerprint density at radius 1 is 1.35 bits per heavy atom. The van der Waals surface area contributed by atoms with E-state index in [1.165, 1.54) is 0 Å². The highest BCUT2D eigenvalue weighted by molar-refractivity contribution is 6.42. The molecule has 3 N–H and O–H groups in total. The first-order valence-electron chi connectivity index (χ1n) is 7.96. The monoisotopic (exact) mass is 356 g/mol. The number of halogens is 2. The van der Waals surface area contributed by atoms with Gasteiger partial charge in [-0.25, -0.2) is 0 Å². The minimum absolute atomic E-state index is 0.0502. The van der Waals surface area contributed by atoms with Crippen LogP contribution in [0.5, 0.6) is 0 Å². The van der Waals surface area contributed by atoms with E-state index < -0.39 is 0 Å². The molecule has 0 saturated carbocycles. The summed E-state index contributed by atoms with van der Waals surface area (Å²) in [6, 6.07) is 6.07. The van der Waals surface area contributed by atoms with Crippen molar-refractivity contribution < 1.29 is 9.94 Å². The first kappa shape index (κ1) is 17.1. The normalized spacial score (nSPS) is 32.0. The van der Waals surface area contributed by atoms with Gasteiger partial charge in [-0.1, -0.05) is 36.2 Å². The molecule has 4 nitrogen and oxygen atoms in total. The molecule has 0 aliphatic carbocycles. The van der Waals surface area contributed by atoms with Crippen LogP contribution < -0.4 is 10.8 Å². The van der Waals surface area contributed by atoms with Crippen molar-refractivity contribution in [2.45, 2.75) is 50.3 Å². The predicted octanol–water partition coefficient (Wildman–Crippen LogP) is 3.39. The van der Waals surface area contributed by atoms with Gasteiger partial charge in [0.05, 0.1) is 29.3 Å². The standard InChI is InChI=1S/C17H22Cl2N2O2/c1-3-14(21-23-2)16-11(7-10-8-15(22)17(16)20-10)9-4-5-12(18)13(19)6-9/h4-6,10-11,15,17,20-22H,3,7-8H2,1-2H3/t10?,11-,15?,17+/m0/s1. The highest BCUT2D eigenvalue weighted by atomic mass is 35.5. The molecule has 0 spiro atoms. The molecule has 1 aromatic carbocycles. The van der Waals surface area contributed by atoms with E-state index in [1.54, 1.807) is 7.11 Å². The van der Waals surface area contributed by atoms with Crippen molar-refractivity contribution in [2.75, 3.05) is 7.11 Å². The Bertz CT molecular complexity index is 621. The Hall–Kier alpha value is -0.780. The summed E-state index contributed by atoms with van der Waals surface area (Å²) in [4.78, 5) is 5.15. The Balaban J connectivity index is 2.06. The Labute approximate surface area is 146 Å². The van der Waals surface area contributed by atoms with E-state index in [0.29, 0.717) is 16.1 Å². The molecule has 23 heavy (non-hydrogen) atoms. The van der Waals surface area contributed by atoms with Crippen molar-refractivity contribution >= 4 is 23.2 Å². The van der Waals surface area contributed by atoms with Crippen LogP contribution in [0, 0.1) is 0 Å². The van der Waals surface area contributed by atoms with Crippen molar-refractivity contribution in [1.82, 2.24) is 10.8 Å². The van der Waals surface area contributed by atoms with Crippen LogP contribution in [0.1, 0.15) is 37.7 Å². The molecule has 1 aromatic rings. The van der Waals surface area contributed by atoms with Gasteiger partial charge in [-0.15, -0.1) is 0 Å². The lowest BCUT2D eigenvalue weighted by atomic mass is 9.80. The second-order valence-corrected chi connectivity index (χ2v) is 7.01. The maximum Gasteiger partial charge on any atom is 0.0747 e. The van der Waals surface area contributed by atoms with Gasteiger partial charge in [-0.05, 0) is 42.5 Å². The molecule has 2 fully saturated rings. The molecule has 0 amide bonds. The number of benzene rings is 1. The molecule has 2 aliphatic heterocycles. The molecule has 4 atom stereocenters. The van der Waals surface area contributed by atoms with Gasteiger partial charge in [0.1, 0.15) is 0 Å². The van der Waals surface area contributed by atoms with E-state index in [9.17, 15) is 5.11 Å². The third kappa shape index (κ3) is 3.24. The van der Waals surface area contributed by atoms with E-state index in [2.05, 4.69) is 17.7 Å². The highest BCUT2D eigenvalue weighted by Crippen LogP contribution is 2.44. The van der Waals surface area contributed by atoms with Gasteiger partial charge in [0.15, 0.2) is 0 Å². The van der Waals surface area contributed by atoms with Crippen molar-refractivity contribution in [3.8, 4) is 0 Å². The number of allylic oxidation sites excluding steroid dienone is 1. The zero-order chi connectivity index (χ0) is 16.6. The van der Waals surface area contributed by atoms with Gasteiger partial charge in [0, 0.05) is 17.7 Å². The third-order valence-electron chi connectivity index (χ3n) is 4.83. The molecule has 2 aliphatic rings. The number of fused-ring (bicyclic) bond motifs is 2. The smallest absolute Gasteiger partial charge is 0.0747 e. The number of hydroxylamine groups is 1. The molecule has 0 aromatic heterocycles. The number of hydrogen-bond acceptors (Lipinski definition) is 4. The average Bonchev–Trinajstić information content (AvgIpc) is 2.83. The van der Waals surface area contributed by atoms with Crippen LogP contribution in [-0.4, -0.2) is 30.4 Å². The second kappa shape index (κ2) is 6.99. The van der Waals surface area contributed by atoms with Crippen LogP contribution in [0.2, 0.25) is 10.0 Å². The SMILES string of the molecule is CCC(NOC)=C1[C@H](c2ccc(Cl)c(Cl)c2)CC2CC(O)[C@H]1N2. The number of aliphatic hydroxyl groups is 1. The van der Waals surface area contributed by atoms with Gasteiger partial charge < -0.3 is 10.4 Å². The van der Waals surface area contributed by atoms with Crippen LogP contribution in [0.15, 0.2) is 29.5 Å². The average molecular weight is 357 g/mol. The summed E-state index contributed by atoms with van der Waals surface area (Å²) in [5.74, 6) is 0.191. The van der Waals surface area contributed by atoms with E-state index in [4.69, 9.17) is 28.0 Å². The highest BCUT2D eigenvalue weighted by Gasteiger charge is 2.44. The quantitative estimate of drug-likeness (QED) is 0.723. The largest absolute Gasteiger partial charge is 0.391 e. The summed E-state index contributed by atoms with van der Waals surface area (Å²) in [7, 11) is 1.61. The third-order valence-corrected chi connectivity index (χ3v) is 5.57. The number of rotatable bonds is 4. The molecule has 126 valence electrons. The molecule has 6 heteroatoms. The first-order chi connectivity index (χ1) is 11.0. The first-order valence-corrected chi connectivity index (χ1v) is 8.71. The summed E-state index contributed by atoms with van der Waals surface area (Å²) >= 11 is 12.3. The molecular weight excluding hydrogens is 335 g/mol. The minimum Gasteiger partial charge on any atom is -0.391 e. The van der Waals surface area contributed by atoms with E-state index in [1.807, 2.05) is 18.2 Å². The zero-order valence-corrected chi connectivity index (χ0v) is 14.8. The Kier molecular flexibility index (Phi) is 5.19. The van der Waals surface area contributed by atoms with Crippen LogP contribution in [0.25, 0.3) is 0 Å². The topological polar surface area (TPSA) is 53.5 Å². The number of aliphatic hydroxyl groups excluding tert-OH is 1. The van der Waals surface area contributed by atoms with Crippen molar-refractivity contribution in [3.63, 3.8) is 0 Å².